The third-order valence-corrected chi connectivity index (χ3v) is 5.73. The Morgan fingerprint density at radius 3 is 2.53 bits per heavy atom. The smallest absolute Gasteiger partial charge is 0.246 e. The molecule has 32 heavy (non-hydrogen) atoms. The molecule has 0 bridgehead atoms. The minimum atomic E-state index is -0.929. The van der Waals surface area contributed by atoms with Gasteiger partial charge in [0.1, 0.15) is 17.6 Å². The lowest BCUT2D eigenvalue weighted by Gasteiger charge is -2.32. The zero-order valence-corrected chi connectivity index (χ0v) is 17.6. The number of nitrogens with one attached hydrogen (secondary N) is 1. The number of amides is 2. The molecule has 1 aromatic heterocycles. The summed E-state index contributed by atoms with van der Waals surface area (Å²) < 4.78 is 26.2. The van der Waals surface area contributed by atoms with Crippen molar-refractivity contribution >= 4 is 22.8 Å². The number of carbonyl (C=O) groups is 2. The van der Waals surface area contributed by atoms with Gasteiger partial charge in [-0.1, -0.05) is 18.2 Å². The quantitative estimate of drug-likeness (QED) is 0.611. The predicted molar refractivity (Wildman–Crippen MR) is 114 cm³/mol. The van der Waals surface area contributed by atoms with Gasteiger partial charge in [-0.15, -0.1) is 0 Å². The van der Waals surface area contributed by atoms with E-state index < -0.39 is 11.6 Å². The molecule has 3 aromatic rings. The second-order valence-corrected chi connectivity index (χ2v) is 8.13. The van der Waals surface area contributed by atoms with Crippen LogP contribution in [-0.4, -0.2) is 44.8 Å². The molecule has 2 amide bonds. The van der Waals surface area contributed by atoms with Crippen LogP contribution in [0.4, 0.5) is 8.78 Å². The molecular formula is C23H25F2N5O2. The monoisotopic (exact) mass is 441 g/mol. The normalized spacial score (nSPS) is 16.3. The number of likely N-dealkylation sites (tertiary alicyclic amines) is 1. The van der Waals surface area contributed by atoms with E-state index in [0.29, 0.717) is 31.5 Å². The molecule has 2 heterocycles. The van der Waals surface area contributed by atoms with Gasteiger partial charge in [0.05, 0.1) is 0 Å². The molecule has 0 aliphatic carbocycles. The molecule has 1 saturated heterocycles. The first kappa shape index (κ1) is 21.9. The molecule has 168 valence electrons. The number of piperidine rings is 1. The predicted octanol–water partition coefficient (Wildman–Crippen LogP) is 3.04. The Kier molecular flexibility index (Phi) is 6.72. The highest BCUT2D eigenvalue weighted by Crippen LogP contribution is 2.21. The summed E-state index contributed by atoms with van der Waals surface area (Å²) in [5.41, 5.74) is 2.02. The fourth-order valence-electron chi connectivity index (χ4n) is 4.00. The van der Waals surface area contributed by atoms with Gasteiger partial charge >= 0.3 is 0 Å². The molecular weight excluding hydrogens is 416 g/mol. The Balaban J connectivity index is 1.23. The molecule has 1 fully saturated rings. The lowest BCUT2D eigenvalue weighted by molar-refractivity contribution is -0.134. The zero-order valence-electron chi connectivity index (χ0n) is 17.6. The highest BCUT2D eigenvalue weighted by atomic mass is 19.2. The molecule has 1 aliphatic heterocycles. The van der Waals surface area contributed by atoms with Gasteiger partial charge in [-0.25, -0.2) is 8.78 Å². The van der Waals surface area contributed by atoms with E-state index >= 15 is 0 Å². The van der Waals surface area contributed by atoms with Crippen molar-refractivity contribution in [3.05, 3.63) is 59.7 Å². The molecule has 2 aromatic carbocycles. The fraction of sp³-hybridized carbons (Fsp3) is 0.391. The first-order valence-corrected chi connectivity index (χ1v) is 10.8. The maximum atomic E-state index is 13.3. The van der Waals surface area contributed by atoms with Crippen LogP contribution in [0.25, 0.3) is 11.0 Å². The lowest BCUT2D eigenvalue weighted by atomic mass is 9.93. The Morgan fingerprint density at radius 2 is 1.81 bits per heavy atom. The van der Waals surface area contributed by atoms with Gasteiger partial charge in [-0.2, -0.15) is 15.0 Å². The van der Waals surface area contributed by atoms with Crippen LogP contribution < -0.4 is 5.32 Å². The topological polar surface area (TPSA) is 80.1 Å². The second kappa shape index (κ2) is 9.84. The van der Waals surface area contributed by atoms with Gasteiger partial charge in [0, 0.05) is 26.1 Å². The van der Waals surface area contributed by atoms with Crippen LogP contribution in [0.15, 0.2) is 42.5 Å². The van der Waals surface area contributed by atoms with Crippen LogP contribution in [-0.2, 0) is 22.7 Å². The molecule has 9 heteroatoms. The molecule has 0 spiro atoms. The van der Waals surface area contributed by atoms with Crippen LogP contribution in [0.3, 0.4) is 0 Å². The van der Waals surface area contributed by atoms with E-state index in [2.05, 4.69) is 15.5 Å². The highest BCUT2D eigenvalue weighted by Gasteiger charge is 2.24. The number of hydrogen-bond donors (Lipinski definition) is 1. The minimum Gasteiger partial charge on any atom is -0.352 e. The lowest BCUT2D eigenvalue weighted by Crippen LogP contribution is -2.42. The van der Waals surface area contributed by atoms with Crippen LogP contribution in [0, 0.1) is 17.6 Å². The van der Waals surface area contributed by atoms with Crippen molar-refractivity contribution in [2.45, 2.75) is 38.8 Å². The average molecular weight is 441 g/mol. The van der Waals surface area contributed by atoms with Gasteiger partial charge in [0.15, 0.2) is 11.6 Å². The van der Waals surface area contributed by atoms with Gasteiger partial charge < -0.3 is 10.2 Å². The van der Waals surface area contributed by atoms with Gasteiger partial charge in [0.25, 0.3) is 0 Å². The summed E-state index contributed by atoms with van der Waals surface area (Å²) in [4.78, 5) is 28.2. The van der Waals surface area contributed by atoms with Crippen molar-refractivity contribution in [3.63, 3.8) is 0 Å². The van der Waals surface area contributed by atoms with Crippen molar-refractivity contribution in [2.24, 2.45) is 5.92 Å². The van der Waals surface area contributed by atoms with E-state index in [0.717, 1.165) is 36.0 Å². The SMILES string of the molecule is O=C(CC[C@@H]1CCCN(C(=O)Cn2nc3ccccc3n2)C1)NCc1ccc(F)c(F)c1. The highest BCUT2D eigenvalue weighted by molar-refractivity contribution is 5.77. The molecule has 0 saturated carbocycles. The van der Waals surface area contributed by atoms with E-state index in [1.165, 1.54) is 10.9 Å². The van der Waals surface area contributed by atoms with Crippen molar-refractivity contribution in [1.82, 2.24) is 25.2 Å². The van der Waals surface area contributed by atoms with Crippen LogP contribution in [0.2, 0.25) is 0 Å². The number of nitrogens with zero attached hydrogens (tertiary/aromatic N) is 4. The number of carbonyl (C=O) groups excluding carboxylic acids is 2. The summed E-state index contributed by atoms with van der Waals surface area (Å²) in [5, 5.41) is 11.4. The van der Waals surface area contributed by atoms with E-state index in [1.807, 2.05) is 29.2 Å². The summed E-state index contributed by atoms with van der Waals surface area (Å²) in [6, 6.07) is 11.1. The van der Waals surface area contributed by atoms with E-state index in [4.69, 9.17) is 0 Å². The molecule has 1 atom stereocenters. The number of fused-ring (bicyclic) bond motifs is 1. The van der Waals surface area contributed by atoms with Crippen LogP contribution >= 0.6 is 0 Å². The van der Waals surface area contributed by atoms with E-state index in [-0.39, 0.29) is 30.8 Å². The summed E-state index contributed by atoms with van der Waals surface area (Å²) >= 11 is 0. The number of benzene rings is 2. The van der Waals surface area contributed by atoms with E-state index in [1.54, 1.807) is 0 Å². The van der Waals surface area contributed by atoms with Crippen molar-refractivity contribution in [3.8, 4) is 0 Å². The Hall–Kier alpha value is -3.36. The summed E-state index contributed by atoms with van der Waals surface area (Å²) in [6.07, 6.45) is 2.84. The zero-order chi connectivity index (χ0) is 22.5. The van der Waals surface area contributed by atoms with Gasteiger partial charge in [0.2, 0.25) is 11.8 Å². The maximum absolute atomic E-state index is 13.3. The second-order valence-electron chi connectivity index (χ2n) is 8.13. The number of rotatable bonds is 7. The van der Waals surface area contributed by atoms with Crippen molar-refractivity contribution in [2.75, 3.05) is 13.1 Å². The standard InChI is InChI=1S/C23H25F2N5O2/c24-18-9-7-17(12-19(18)25)13-26-22(31)10-8-16-4-3-11-29(14-16)23(32)15-30-27-20-5-1-2-6-21(20)28-30/h1-2,5-7,9,12,16H,3-4,8,10-11,13-15H2,(H,26,31)/t16-/m0/s1. The largest absolute Gasteiger partial charge is 0.352 e. The van der Waals surface area contributed by atoms with Crippen LogP contribution in [0.5, 0.6) is 0 Å². The average Bonchev–Trinajstić information content (AvgIpc) is 3.21. The van der Waals surface area contributed by atoms with E-state index in [9.17, 15) is 18.4 Å². The molecule has 1 aliphatic rings. The van der Waals surface area contributed by atoms with Gasteiger partial charge in [-0.3, -0.25) is 9.59 Å². The summed E-state index contributed by atoms with van der Waals surface area (Å²) in [6.45, 7) is 1.54. The molecule has 0 radical (unpaired) electrons. The summed E-state index contributed by atoms with van der Waals surface area (Å²) in [7, 11) is 0. The number of halogens is 2. The number of aromatic nitrogens is 3. The molecule has 1 N–H and O–H groups in total. The number of hydrogen-bond acceptors (Lipinski definition) is 4. The first-order chi connectivity index (χ1) is 15.5. The minimum absolute atomic E-state index is 0.0298. The Bertz CT molecular complexity index is 1080. The fourth-order valence-corrected chi connectivity index (χ4v) is 4.00. The Labute approximate surface area is 184 Å². The summed E-state index contributed by atoms with van der Waals surface area (Å²) in [5.74, 6) is -1.77. The third kappa shape index (κ3) is 5.46. The van der Waals surface area contributed by atoms with Gasteiger partial charge in [-0.05, 0) is 55.0 Å². The molecule has 7 nitrogen and oxygen atoms in total. The Morgan fingerprint density at radius 1 is 1.06 bits per heavy atom. The third-order valence-electron chi connectivity index (χ3n) is 5.73. The molecule has 0 unspecified atom stereocenters. The molecule has 4 rings (SSSR count). The van der Waals surface area contributed by atoms with Crippen LogP contribution in [0.1, 0.15) is 31.2 Å². The maximum Gasteiger partial charge on any atom is 0.246 e. The van der Waals surface area contributed by atoms with Crippen molar-refractivity contribution < 1.29 is 18.4 Å². The van der Waals surface area contributed by atoms with Crippen molar-refractivity contribution in [1.29, 1.82) is 0 Å². The first-order valence-electron chi connectivity index (χ1n) is 10.8.